The Balaban J connectivity index is 1.49. The molecule has 0 bridgehead atoms. The van der Waals surface area contributed by atoms with Crippen LogP contribution in [0.4, 0.5) is 5.69 Å². The lowest BCUT2D eigenvalue weighted by molar-refractivity contribution is -0.136. The molecule has 2 heterocycles. The van der Waals surface area contributed by atoms with Crippen LogP contribution in [0.2, 0.25) is 5.02 Å². The molecule has 2 N–H and O–H groups in total. The second kappa shape index (κ2) is 8.49. The number of amides is 2. The highest BCUT2D eigenvalue weighted by atomic mass is 35.5. The molecule has 0 aliphatic heterocycles. The average molecular weight is 405 g/mol. The molecule has 0 saturated carbocycles. The van der Waals surface area contributed by atoms with E-state index in [4.69, 9.17) is 11.6 Å². The maximum absolute atomic E-state index is 12.0. The maximum atomic E-state index is 12.0. The highest BCUT2D eigenvalue weighted by Crippen LogP contribution is 2.31. The summed E-state index contributed by atoms with van der Waals surface area (Å²) in [5, 5.41) is 7.80. The van der Waals surface area contributed by atoms with Gasteiger partial charge in [-0.1, -0.05) is 23.7 Å². The van der Waals surface area contributed by atoms with E-state index in [0.29, 0.717) is 23.7 Å². The fourth-order valence-corrected chi connectivity index (χ4v) is 4.36. The minimum Gasteiger partial charge on any atom is -0.347 e. The van der Waals surface area contributed by atoms with Crippen LogP contribution in [-0.2, 0) is 16.0 Å². The average Bonchev–Trinajstić information content (AvgIpc) is 3.29. The molecule has 2 aromatic heterocycles. The van der Waals surface area contributed by atoms with Gasteiger partial charge in [-0.25, -0.2) is 0 Å². The number of rotatable bonds is 5. The molecule has 7 heteroatoms. The second-order valence-corrected chi connectivity index (χ2v) is 8.21. The van der Waals surface area contributed by atoms with E-state index in [-0.39, 0.29) is 0 Å². The molecule has 2 amide bonds. The zero-order valence-electron chi connectivity index (χ0n) is 14.0. The Morgan fingerprint density at radius 3 is 2.69 bits per heavy atom. The summed E-state index contributed by atoms with van der Waals surface area (Å²) in [6.45, 7) is 2.25. The molecule has 4 nitrogen and oxygen atoms in total. The van der Waals surface area contributed by atoms with Crippen LogP contribution in [-0.4, -0.2) is 18.4 Å². The number of aryl methyl sites for hydroxylation is 1. The van der Waals surface area contributed by atoms with Gasteiger partial charge in [0.25, 0.3) is 0 Å². The van der Waals surface area contributed by atoms with Crippen LogP contribution in [0.5, 0.6) is 0 Å². The first kappa shape index (κ1) is 18.6. The Morgan fingerprint density at radius 1 is 1.08 bits per heavy atom. The smallest absolute Gasteiger partial charge is 0.313 e. The van der Waals surface area contributed by atoms with Crippen molar-refractivity contribution in [1.82, 2.24) is 5.32 Å². The third-order valence-electron chi connectivity index (χ3n) is 3.74. The van der Waals surface area contributed by atoms with Crippen molar-refractivity contribution < 1.29 is 9.59 Å². The number of carbonyl (C=O) groups excluding carboxylic acids is 2. The van der Waals surface area contributed by atoms with Gasteiger partial charge >= 0.3 is 11.8 Å². The molecule has 0 unspecified atom stereocenters. The fraction of sp³-hybridized carbons (Fsp3) is 0.158. The highest BCUT2D eigenvalue weighted by Gasteiger charge is 2.14. The SMILES string of the molecule is Cc1ccc(Cl)cc1NC(=O)C(=O)NCCc1ccc(-c2cccs2)s1. The number of anilines is 1. The van der Waals surface area contributed by atoms with E-state index < -0.39 is 11.8 Å². The molecular formula is C19H17ClN2O2S2. The Labute approximate surface area is 164 Å². The zero-order valence-corrected chi connectivity index (χ0v) is 16.4. The van der Waals surface area contributed by atoms with Crippen LogP contribution >= 0.6 is 34.3 Å². The van der Waals surface area contributed by atoms with Gasteiger partial charge in [-0.05, 0) is 54.6 Å². The maximum Gasteiger partial charge on any atom is 0.313 e. The van der Waals surface area contributed by atoms with Crippen LogP contribution in [0.15, 0.2) is 47.8 Å². The molecule has 0 spiro atoms. The Kier molecular flexibility index (Phi) is 6.08. The first-order valence-electron chi connectivity index (χ1n) is 8.01. The number of hydrogen-bond donors (Lipinski definition) is 2. The molecule has 0 radical (unpaired) electrons. The largest absolute Gasteiger partial charge is 0.347 e. The van der Waals surface area contributed by atoms with Gasteiger partial charge in [0, 0.05) is 31.9 Å². The fourth-order valence-electron chi connectivity index (χ4n) is 2.35. The molecule has 0 atom stereocenters. The van der Waals surface area contributed by atoms with E-state index in [9.17, 15) is 9.59 Å². The molecule has 0 aliphatic carbocycles. The lowest BCUT2D eigenvalue weighted by Gasteiger charge is -2.09. The van der Waals surface area contributed by atoms with Crippen LogP contribution in [0.1, 0.15) is 10.4 Å². The van der Waals surface area contributed by atoms with Crippen LogP contribution in [0.3, 0.4) is 0 Å². The predicted molar refractivity (Wildman–Crippen MR) is 109 cm³/mol. The number of carbonyl (C=O) groups is 2. The van der Waals surface area contributed by atoms with Crippen LogP contribution in [0.25, 0.3) is 9.75 Å². The van der Waals surface area contributed by atoms with Gasteiger partial charge in [0.15, 0.2) is 0 Å². The summed E-state index contributed by atoms with van der Waals surface area (Å²) in [6, 6.07) is 13.4. The molecule has 134 valence electrons. The van der Waals surface area contributed by atoms with Crippen LogP contribution in [0, 0.1) is 6.92 Å². The summed E-state index contributed by atoms with van der Waals surface area (Å²) in [6.07, 6.45) is 0.686. The monoisotopic (exact) mass is 404 g/mol. The summed E-state index contributed by atoms with van der Waals surface area (Å²) >= 11 is 9.32. The molecule has 0 fully saturated rings. The van der Waals surface area contributed by atoms with Gasteiger partial charge in [0.05, 0.1) is 0 Å². The molecule has 0 saturated heterocycles. The van der Waals surface area contributed by atoms with Gasteiger partial charge in [-0.2, -0.15) is 0 Å². The first-order chi connectivity index (χ1) is 12.5. The van der Waals surface area contributed by atoms with Crippen molar-refractivity contribution in [1.29, 1.82) is 0 Å². The van der Waals surface area contributed by atoms with Crippen molar-refractivity contribution in [3.8, 4) is 9.75 Å². The zero-order chi connectivity index (χ0) is 18.5. The van der Waals surface area contributed by atoms with Crippen molar-refractivity contribution in [3.05, 3.63) is 63.3 Å². The van der Waals surface area contributed by atoms with Crippen LogP contribution < -0.4 is 10.6 Å². The molecule has 3 aromatic rings. The third-order valence-corrected chi connectivity index (χ3v) is 6.18. The minimum absolute atomic E-state index is 0.408. The lowest BCUT2D eigenvalue weighted by atomic mass is 10.2. The van der Waals surface area contributed by atoms with Gasteiger partial charge in [-0.15, -0.1) is 22.7 Å². The molecule has 1 aromatic carbocycles. The van der Waals surface area contributed by atoms with Crippen molar-refractivity contribution in [2.75, 3.05) is 11.9 Å². The summed E-state index contributed by atoms with van der Waals surface area (Å²) in [7, 11) is 0. The van der Waals surface area contributed by atoms with Gasteiger partial charge in [-0.3, -0.25) is 9.59 Å². The normalized spacial score (nSPS) is 10.5. The van der Waals surface area contributed by atoms with Gasteiger partial charge in [0.1, 0.15) is 0 Å². The van der Waals surface area contributed by atoms with Crippen molar-refractivity contribution in [2.24, 2.45) is 0 Å². The van der Waals surface area contributed by atoms with E-state index in [1.807, 2.05) is 13.0 Å². The number of nitrogens with one attached hydrogen (secondary N) is 2. The molecule has 26 heavy (non-hydrogen) atoms. The summed E-state index contributed by atoms with van der Waals surface area (Å²) in [5.74, 6) is -1.35. The summed E-state index contributed by atoms with van der Waals surface area (Å²) < 4.78 is 0. The number of benzene rings is 1. The summed E-state index contributed by atoms with van der Waals surface area (Å²) in [4.78, 5) is 27.6. The molecule has 0 aliphatic rings. The van der Waals surface area contributed by atoms with E-state index in [1.54, 1.807) is 40.9 Å². The number of halogens is 1. The van der Waals surface area contributed by atoms with Crippen molar-refractivity contribution in [2.45, 2.75) is 13.3 Å². The second-order valence-electron chi connectivity index (χ2n) is 5.66. The third kappa shape index (κ3) is 4.72. The topological polar surface area (TPSA) is 58.2 Å². The highest BCUT2D eigenvalue weighted by molar-refractivity contribution is 7.21. The van der Waals surface area contributed by atoms with E-state index in [0.717, 1.165) is 5.56 Å². The lowest BCUT2D eigenvalue weighted by Crippen LogP contribution is -2.36. The molecular weight excluding hydrogens is 388 g/mol. The van der Waals surface area contributed by atoms with Gasteiger partial charge in [0.2, 0.25) is 0 Å². The predicted octanol–water partition coefficient (Wildman–Crippen LogP) is 4.74. The van der Waals surface area contributed by atoms with E-state index >= 15 is 0 Å². The van der Waals surface area contributed by atoms with Crippen molar-refractivity contribution >= 4 is 51.8 Å². The summed E-state index contributed by atoms with van der Waals surface area (Å²) in [5.41, 5.74) is 1.38. The standard InChI is InChI=1S/C19H17ClN2O2S2/c1-12-4-5-13(20)11-15(12)22-19(24)18(23)21-9-8-14-6-7-17(26-14)16-3-2-10-25-16/h2-7,10-11H,8-9H2,1H3,(H,21,23)(H,22,24). The quantitative estimate of drug-likeness (QED) is 0.603. The molecule has 3 rings (SSSR count). The Morgan fingerprint density at radius 2 is 1.92 bits per heavy atom. The number of hydrogen-bond acceptors (Lipinski definition) is 4. The Bertz CT molecular complexity index is 920. The number of thiophene rings is 2. The first-order valence-corrected chi connectivity index (χ1v) is 10.1. The minimum atomic E-state index is -0.694. The van der Waals surface area contributed by atoms with E-state index in [2.05, 4.69) is 34.2 Å². The van der Waals surface area contributed by atoms with E-state index in [1.165, 1.54) is 14.6 Å². The Hall–Kier alpha value is -2.15. The van der Waals surface area contributed by atoms with Crippen molar-refractivity contribution in [3.63, 3.8) is 0 Å². The van der Waals surface area contributed by atoms with Gasteiger partial charge < -0.3 is 10.6 Å².